The SMILES string of the molecule is NC(c1cn2ncc([C@@H](C3CC3)N3CCC(C(F)(F)F)NC3=O)cc2n1)C1CCC(F)(F)CC1. The number of carbonyl (C=O) groups is 1. The molecular formula is C22H27F5N6O. The molecule has 3 heterocycles. The van der Waals surface area contributed by atoms with Crippen LogP contribution in [0.2, 0.25) is 0 Å². The highest BCUT2D eigenvalue weighted by Gasteiger charge is 2.47. The van der Waals surface area contributed by atoms with Crippen LogP contribution in [-0.2, 0) is 0 Å². The number of hydrogen-bond donors (Lipinski definition) is 2. The van der Waals surface area contributed by atoms with Gasteiger partial charge in [-0.3, -0.25) is 0 Å². The lowest BCUT2D eigenvalue weighted by molar-refractivity contribution is -0.159. The smallest absolute Gasteiger partial charge is 0.326 e. The molecule has 0 aromatic carbocycles. The van der Waals surface area contributed by atoms with E-state index in [1.165, 1.54) is 4.90 Å². The first kappa shape index (κ1) is 23.3. The van der Waals surface area contributed by atoms with Gasteiger partial charge in [0.05, 0.1) is 30.2 Å². The third-order valence-corrected chi connectivity index (χ3v) is 7.33. The number of carbonyl (C=O) groups excluding carboxylic acids is 1. The van der Waals surface area contributed by atoms with Gasteiger partial charge in [-0.15, -0.1) is 0 Å². The number of imidazole rings is 1. The molecule has 2 aromatic heterocycles. The van der Waals surface area contributed by atoms with Gasteiger partial charge < -0.3 is 16.0 Å². The van der Waals surface area contributed by atoms with Crippen molar-refractivity contribution in [3.8, 4) is 0 Å². The summed E-state index contributed by atoms with van der Waals surface area (Å²) in [6, 6.07) is -1.67. The molecule has 3 atom stereocenters. The van der Waals surface area contributed by atoms with Crippen LogP contribution in [0.3, 0.4) is 0 Å². The average molecular weight is 486 g/mol. The van der Waals surface area contributed by atoms with E-state index in [-0.39, 0.29) is 43.7 Å². The zero-order valence-electron chi connectivity index (χ0n) is 18.4. The number of nitrogens with two attached hydrogens (primary N) is 1. The highest BCUT2D eigenvalue weighted by atomic mass is 19.4. The quantitative estimate of drug-likeness (QED) is 0.615. The Labute approximate surface area is 192 Å². The van der Waals surface area contributed by atoms with Gasteiger partial charge in [-0.25, -0.2) is 23.1 Å². The number of aromatic nitrogens is 3. The minimum Gasteiger partial charge on any atom is -0.326 e. The van der Waals surface area contributed by atoms with Gasteiger partial charge in [0.1, 0.15) is 6.04 Å². The molecule has 2 amide bonds. The molecule has 12 heteroatoms. The van der Waals surface area contributed by atoms with Crippen molar-refractivity contribution < 1.29 is 26.7 Å². The van der Waals surface area contributed by atoms with Crippen LogP contribution in [0.5, 0.6) is 0 Å². The van der Waals surface area contributed by atoms with E-state index in [0.29, 0.717) is 29.7 Å². The van der Waals surface area contributed by atoms with Gasteiger partial charge in [-0.1, -0.05) is 0 Å². The van der Waals surface area contributed by atoms with E-state index in [1.807, 2.05) is 0 Å². The number of nitrogens with zero attached hydrogens (tertiary/aromatic N) is 4. The summed E-state index contributed by atoms with van der Waals surface area (Å²) in [5.41, 5.74) is 8.13. The maximum Gasteiger partial charge on any atom is 0.408 e. The summed E-state index contributed by atoms with van der Waals surface area (Å²) < 4.78 is 67.7. The number of halogens is 5. The lowest BCUT2D eigenvalue weighted by Crippen LogP contribution is -2.57. The van der Waals surface area contributed by atoms with Crippen LogP contribution in [0.25, 0.3) is 5.65 Å². The normalized spacial score (nSPS) is 25.9. The van der Waals surface area contributed by atoms with Crippen LogP contribution in [0.4, 0.5) is 26.7 Å². The highest BCUT2D eigenvalue weighted by molar-refractivity contribution is 5.76. The van der Waals surface area contributed by atoms with Crippen LogP contribution >= 0.6 is 0 Å². The largest absolute Gasteiger partial charge is 0.408 e. The lowest BCUT2D eigenvalue weighted by atomic mass is 9.81. The average Bonchev–Trinajstić information content (AvgIpc) is 3.51. The first-order chi connectivity index (χ1) is 16.0. The summed E-state index contributed by atoms with van der Waals surface area (Å²) >= 11 is 0. The Kier molecular flexibility index (Phi) is 5.69. The van der Waals surface area contributed by atoms with E-state index in [4.69, 9.17) is 5.73 Å². The Hall–Kier alpha value is -2.50. The van der Waals surface area contributed by atoms with Crippen molar-refractivity contribution in [3.05, 3.63) is 29.7 Å². The van der Waals surface area contributed by atoms with Crippen LogP contribution in [0, 0.1) is 11.8 Å². The molecule has 2 aromatic rings. The van der Waals surface area contributed by atoms with Gasteiger partial charge in [-0.2, -0.15) is 18.3 Å². The fourth-order valence-corrected chi connectivity index (χ4v) is 5.20. The van der Waals surface area contributed by atoms with E-state index >= 15 is 0 Å². The summed E-state index contributed by atoms with van der Waals surface area (Å²) in [5, 5.41) is 6.49. The number of hydrogen-bond acceptors (Lipinski definition) is 4. The summed E-state index contributed by atoms with van der Waals surface area (Å²) in [4.78, 5) is 18.6. The van der Waals surface area contributed by atoms with Crippen LogP contribution < -0.4 is 11.1 Å². The fourth-order valence-electron chi connectivity index (χ4n) is 5.20. The number of fused-ring (bicyclic) bond motifs is 1. The topological polar surface area (TPSA) is 88.5 Å². The van der Waals surface area contributed by atoms with Crippen LogP contribution in [0.1, 0.15) is 68.3 Å². The van der Waals surface area contributed by atoms with Crippen molar-refractivity contribution in [2.24, 2.45) is 17.6 Å². The van der Waals surface area contributed by atoms with E-state index < -0.39 is 30.2 Å². The van der Waals surface area contributed by atoms with Crippen LogP contribution in [-0.4, -0.2) is 50.2 Å². The maximum absolute atomic E-state index is 13.5. The van der Waals surface area contributed by atoms with E-state index in [0.717, 1.165) is 12.8 Å². The monoisotopic (exact) mass is 486 g/mol. The molecule has 1 saturated heterocycles. The highest BCUT2D eigenvalue weighted by Crippen LogP contribution is 2.46. The molecule has 34 heavy (non-hydrogen) atoms. The molecule has 186 valence electrons. The second kappa shape index (κ2) is 8.31. The number of alkyl halides is 5. The maximum atomic E-state index is 13.5. The molecule has 3 aliphatic rings. The molecule has 2 unspecified atom stereocenters. The van der Waals surface area contributed by atoms with Crippen molar-refractivity contribution in [2.45, 2.75) is 75.2 Å². The zero-order chi connectivity index (χ0) is 24.3. The summed E-state index contributed by atoms with van der Waals surface area (Å²) in [6.07, 6.45) is 0.642. The standard InChI is InChI=1S/C22H27F5N6O/c23-21(24)6-3-12(4-7-21)18(28)15-11-33-17(30-15)9-14(10-29-33)19(13-1-2-13)32-8-5-16(22(25,26)27)31-20(32)34/h9-13,16,18-19H,1-8,28H2,(H,31,34)/t16?,18?,19-/m1/s1. The number of urea groups is 1. The van der Waals surface area contributed by atoms with Crippen molar-refractivity contribution in [2.75, 3.05) is 6.54 Å². The fraction of sp³-hybridized carbons (Fsp3) is 0.682. The first-order valence-electron chi connectivity index (χ1n) is 11.6. The summed E-state index contributed by atoms with van der Waals surface area (Å²) in [7, 11) is 0. The van der Waals surface area contributed by atoms with Crippen LogP contribution in [0.15, 0.2) is 18.5 Å². The second-order valence-electron chi connectivity index (χ2n) is 9.78. The number of nitrogens with one attached hydrogen (secondary N) is 1. The van der Waals surface area contributed by atoms with Gasteiger partial charge in [0, 0.05) is 19.4 Å². The predicted molar refractivity (Wildman–Crippen MR) is 112 cm³/mol. The molecule has 1 aliphatic heterocycles. The predicted octanol–water partition coefficient (Wildman–Crippen LogP) is 4.35. The molecule has 3 fully saturated rings. The van der Waals surface area contributed by atoms with E-state index in [1.54, 1.807) is 23.0 Å². The molecule has 5 rings (SSSR count). The van der Waals surface area contributed by atoms with E-state index in [9.17, 15) is 26.7 Å². The summed E-state index contributed by atoms with van der Waals surface area (Å²) in [5.74, 6) is -2.58. The third-order valence-electron chi connectivity index (χ3n) is 7.33. The van der Waals surface area contributed by atoms with Crippen molar-refractivity contribution in [3.63, 3.8) is 0 Å². The molecule has 2 aliphatic carbocycles. The Morgan fingerprint density at radius 3 is 2.44 bits per heavy atom. The van der Waals surface area contributed by atoms with Gasteiger partial charge in [0.15, 0.2) is 5.65 Å². The third kappa shape index (κ3) is 4.56. The number of amides is 2. The summed E-state index contributed by atoms with van der Waals surface area (Å²) in [6.45, 7) is -0.000759. The van der Waals surface area contributed by atoms with Gasteiger partial charge in [0.25, 0.3) is 0 Å². The molecule has 3 N–H and O–H groups in total. The Bertz CT molecular complexity index is 1060. The minimum atomic E-state index is -4.48. The first-order valence-corrected chi connectivity index (χ1v) is 11.6. The van der Waals surface area contributed by atoms with Crippen molar-refractivity contribution in [1.29, 1.82) is 0 Å². The molecule has 0 bridgehead atoms. The lowest BCUT2D eigenvalue weighted by Gasteiger charge is -2.38. The van der Waals surface area contributed by atoms with Crippen molar-refractivity contribution in [1.82, 2.24) is 24.8 Å². The Morgan fingerprint density at radius 2 is 1.82 bits per heavy atom. The van der Waals surface area contributed by atoms with Gasteiger partial charge in [0.2, 0.25) is 5.92 Å². The second-order valence-corrected chi connectivity index (χ2v) is 9.78. The number of rotatable bonds is 5. The Morgan fingerprint density at radius 1 is 1.12 bits per heavy atom. The van der Waals surface area contributed by atoms with E-state index in [2.05, 4.69) is 15.4 Å². The molecule has 0 spiro atoms. The Balaban J connectivity index is 1.35. The molecule has 2 saturated carbocycles. The molecule has 0 radical (unpaired) electrons. The van der Waals surface area contributed by atoms with Gasteiger partial charge >= 0.3 is 12.2 Å². The molecule has 7 nitrogen and oxygen atoms in total. The minimum absolute atomic E-state index is 0.000759. The zero-order valence-corrected chi connectivity index (χ0v) is 18.4. The molecular weight excluding hydrogens is 459 g/mol. The van der Waals surface area contributed by atoms with Gasteiger partial charge in [-0.05, 0) is 55.6 Å². The van der Waals surface area contributed by atoms with Crippen molar-refractivity contribution >= 4 is 11.7 Å².